The average Bonchev–Trinajstić information content (AvgIpc) is 2.62. The Morgan fingerprint density at radius 3 is 2.54 bits per heavy atom. The summed E-state index contributed by atoms with van der Waals surface area (Å²) in [6.45, 7) is 0. The fraction of sp³-hybridized carbons (Fsp3) is 0.0588. The highest BCUT2D eigenvalue weighted by Crippen LogP contribution is 2.35. The Morgan fingerprint density at radius 2 is 2.00 bits per heavy atom. The molecule has 0 fully saturated rings. The Bertz CT molecular complexity index is 929. The Kier molecular flexibility index (Phi) is 5.40. The highest BCUT2D eigenvalue weighted by Gasteiger charge is 2.15. The second-order valence-corrected chi connectivity index (χ2v) is 5.00. The van der Waals surface area contributed by atoms with Gasteiger partial charge in [-0.25, -0.2) is 0 Å². The number of nitriles is 1. The van der Waals surface area contributed by atoms with Gasteiger partial charge < -0.3 is 20.3 Å². The lowest BCUT2D eigenvalue weighted by atomic mass is 10.1. The summed E-state index contributed by atoms with van der Waals surface area (Å²) in [5.41, 5.74) is -0.641. The van der Waals surface area contributed by atoms with Crippen molar-refractivity contribution < 1.29 is 24.7 Å². The first-order chi connectivity index (χ1) is 12.3. The van der Waals surface area contributed by atoms with Crippen molar-refractivity contribution in [2.45, 2.75) is 0 Å². The molecular weight excluding hydrogens is 342 g/mol. The number of hydrogen-bond acceptors (Lipinski definition) is 7. The second-order valence-electron chi connectivity index (χ2n) is 5.00. The van der Waals surface area contributed by atoms with Gasteiger partial charge in [-0.15, -0.1) is 0 Å². The molecule has 0 aliphatic rings. The zero-order valence-electron chi connectivity index (χ0n) is 13.4. The molecule has 9 heteroatoms. The molecule has 2 rings (SSSR count). The van der Waals surface area contributed by atoms with Gasteiger partial charge in [0.05, 0.1) is 12.0 Å². The Balaban J connectivity index is 2.37. The number of rotatable bonds is 5. The molecule has 0 unspecified atom stereocenters. The SMILES string of the molecule is COc1cc(/C=C(\C#N)C(=O)Nc2ccc(O)cc2)cc([N+](=O)[O-])c1[O-]. The highest BCUT2D eigenvalue weighted by atomic mass is 16.6. The number of nitrogens with zero attached hydrogens (tertiary/aromatic N) is 2. The molecule has 0 atom stereocenters. The summed E-state index contributed by atoms with van der Waals surface area (Å²) in [4.78, 5) is 22.3. The minimum absolute atomic E-state index is 0.0103. The number of phenolic OH excluding ortho intramolecular Hbond substituents is 1. The molecular formula is C17H12N3O6-. The summed E-state index contributed by atoms with van der Waals surface area (Å²) in [6.07, 6.45) is 1.10. The molecule has 132 valence electrons. The van der Waals surface area contributed by atoms with E-state index < -0.39 is 22.3 Å². The van der Waals surface area contributed by atoms with Crippen molar-refractivity contribution in [3.05, 3.63) is 57.6 Å². The van der Waals surface area contributed by atoms with Crippen LogP contribution >= 0.6 is 0 Å². The van der Waals surface area contributed by atoms with E-state index >= 15 is 0 Å². The molecule has 0 saturated carbocycles. The van der Waals surface area contributed by atoms with Gasteiger partial charge in [0.2, 0.25) is 0 Å². The van der Waals surface area contributed by atoms with Gasteiger partial charge in [-0.1, -0.05) is 0 Å². The van der Waals surface area contributed by atoms with E-state index in [0.717, 1.165) is 12.1 Å². The minimum atomic E-state index is -0.901. The molecule has 0 aliphatic carbocycles. The van der Waals surface area contributed by atoms with Crippen molar-refractivity contribution in [1.29, 1.82) is 5.26 Å². The Hall–Kier alpha value is -4.06. The summed E-state index contributed by atoms with van der Waals surface area (Å²) in [5, 5.41) is 43.6. The van der Waals surface area contributed by atoms with Gasteiger partial charge >= 0.3 is 0 Å². The predicted octanol–water partition coefficient (Wildman–Crippen LogP) is 1.93. The number of nitro benzene ring substituents is 1. The van der Waals surface area contributed by atoms with Crippen LogP contribution in [0, 0.1) is 21.4 Å². The van der Waals surface area contributed by atoms with Gasteiger partial charge in [-0.05, 0) is 42.0 Å². The van der Waals surface area contributed by atoms with Crippen molar-refractivity contribution in [3.63, 3.8) is 0 Å². The first kappa shape index (κ1) is 18.3. The summed E-state index contributed by atoms with van der Waals surface area (Å²) in [5.74, 6) is -1.93. The smallest absolute Gasteiger partial charge is 0.266 e. The Labute approximate surface area is 147 Å². The molecule has 2 aromatic rings. The normalized spacial score (nSPS) is 10.7. The van der Waals surface area contributed by atoms with Crippen LogP contribution in [0.3, 0.4) is 0 Å². The zero-order chi connectivity index (χ0) is 19.3. The summed E-state index contributed by atoms with van der Waals surface area (Å²) < 4.78 is 4.81. The number of carbonyl (C=O) groups excluding carboxylic acids is 1. The van der Waals surface area contributed by atoms with E-state index in [1.165, 1.54) is 37.4 Å². The standard InChI is InChI=1S/C17H13N3O6/c1-26-15-8-10(7-14(16(15)22)20(24)25)6-11(9-18)17(23)19-12-2-4-13(21)5-3-12/h2-8,21-22H,1H3,(H,19,23)/p-1/b11-6+. The molecule has 26 heavy (non-hydrogen) atoms. The Morgan fingerprint density at radius 1 is 1.35 bits per heavy atom. The number of methoxy groups -OCH3 is 1. The largest absolute Gasteiger partial charge is 0.865 e. The number of benzene rings is 2. The van der Waals surface area contributed by atoms with Crippen molar-refractivity contribution in [2.24, 2.45) is 0 Å². The fourth-order valence-electron chi connectivity index (χ4n) is 2.04. The lowest BCUT2D eigenvalue weighted by Gasteiger charge is -2.13. The lowest BCUT2D eigenvalue weighted by Crippen LogP contribution is -2.13. The van der Waals surface area contributed by atoms with Gasteiger partial charge in [-0.3, -0.25) is 14.9 Å². The molecule has 2 N–H and O–H groups in total. The number of aromatic hydroxyl groups is 1. The van der Waals surface area contributed by atoms with E-state index in [1.807, 2.05) is 0 Å². The summed E-state index contributed by atoms with van der Waals surface area (Å²) in [6, 6.07) is 9.42. The van der Waals surface area contributed by atoms with Gasteiger partial charge in [0.25, 0.3) is 11.6 Å². The van der Waals surface area contributed by atoms with Crippen LogP contribution in [-0.4, -0.2) is 23.0 Å². The molecule has 0 aromatic heterocycles. The molecule has 1 amide bonds. The maximum absolute atomic E-state index is 12.2. The number of nitro groups is 1. The van der Waals surface area contributed by atoms with E-state index in [0.29, 0.717) is 5.69 Å². The third-order valence-corrected chi connectivity index (χ3v) is 3.28. The molecule has 0 aliphatic heterocycles. The molecule has 2 aromatic carbocycles. The molecule has 0 radical (unpaired) electrons. The van der Waals surface area contributed by atoms with E-state index in [9.17, 15) is 30.4 Å². The van der Waals surface area contributed by atoms with E-state index in [-0.39, 0.29) is 22.6 Å². The van der Waals surface area contributed by atoms with Crippen molar-refractivity contribution in [3.8, 4) is 23.3 Å². The molecule has 0 spiro atoms. The first-order valence-electron chi connectivity index (χ1n) is 7.11. The summed E-state index contributed by atoms with van der Waals surface area (Å²) >= 11 is 0. The van der Waals surface area contributed by atoms with Crippen LogP contribution < -0.4 is 15.2 Å². The van der Waals surface area contributed by atoms with Crippen LogP contribution in [0.15, 0.2) is 42.0 Å². The third-order valence-electron chi connectivity index (χ3n) is 3.28. The molecule has 0 bridgehead atoms. The van der Waals surface area contributed by atoms with Crippen molar-refractivity contribution in [1.82, 2.24) is 0 Å². The van der Waals surface area contributed by atoms with Gasteiger partial charge in [0.1, 0.15) is 23.1 Å². The van der Waals surface area contributed by atoms with Crippen molar-refractivity contribution >= 4 is 23.4 Å². The van der Waals surface area contributed by atoms with Crippen LogP contribution in [0.4, 0.5) is 11.4 Å². The van der Waals surface area contributed by atoms with Gasteiger partial charge in [-0.2, -0.15) is 5.26 Å². The number of hydrogen-bond donors (Lipinski definition) is 2. The number of nitrogens with one attached hydrogen (secondary N) is 1. The van der Waals surface area contributed by atoms with Crippen LogP contribution in [0.2, 0.25) is 0 Å². The predicted molar refractivity (Wildman–Crippen MR) is 89.4 cm³/mol. The topological polar surface area (TPSA) is 149 Å². The molecule has 0 saturated heterocycles. The highest BCUT2D eigenvalue weighted by molar-refractivity contribution is 6.09. The third kappa shape index (κ3) is 4.07. The van der Waals surface area contributed by atoms with Gasteiger partial charge in [0, 0.05) is 17.5 Å². The van der Waals surface area contributed by atoms with E-state index in [2.05, 4.69) is 5.32 Å². The fourth-order valence-corrected chi connectivity index (χ4v) is 2.04. The van der Waals surface area contributed by atoms with Crippen LogP contribution in [0.1, 0.15) is 5.56 Å². The monoisotopic (exact) mass is 354 g/mol. The number of anilines is 1. The van der Waals surface area contributed by atoms with Crippen LogP contribution in [-0.2, 0) is 4.79 Å². The maximum Gasteiger partial charge on any atom is 0.266 e. The molecule has 9 nitrogen and oxygen atoms in total. The first-order valence-corrected chi connectivity index (χ1v) is 7.11. The van der Waals surface area contributed by atoms with Gasteiger partial charge in [0.15, 0.2) is 0 Å². The number of ether oxygens (including phenoxy) is 1. The lowest BCUT2D eigenvalue weighted by molar-refractivity contribution is -0.398. The summed E-state index contributed by atoms with van der Waals surface area (Å²) in [7, 11) is 1.18. The quantitative estimate of drug-likeness (QED) is 0.274. The van der Waals surface area contributed by atoms with Crippen LogP contribution in [0.25, 0.3) is 6.08 Å². The van der Waals surface area contributed by atoms with Crippen LogP contribution in [0.5, 0.6) is 17.2 Å². The number of carbonyl (C=O) groups is 1. The van der Waals surface area contributed by atoms with E-state index in [4.69, 9.17) is 4.74 Å². The average molecular weight is 354 g/mol. The molecule has 0 heterocycles. The number of amides is 1. The second kappa shape index (κ2) is 7.67. The van der Waals surface area contributed by atoms with E-state index in [1.54, 1.807) is 6.07 Å². The maximum atomic E-state index is 12.2. The zero-order valence-corrected chi connectivity index (χ0v) is 13.4. The minimum Gasteiger partial charge on any atom is -0.865 e. The number of phenols is 1. The van der Waals surface area contributed by atoms with Crippen molar-refractivity contribution in [2.75, 3.05) is 12.4 Å².